The Kier molecular flexibility index (Phi) is 4.32. The van der Waals surface area contributed by atoms with Crippen LogP contribution < -0.4 is 0 Å². The first kappa shape index (κ1) is 13.0. The van der Waals surface area contributed by atoms with Crippen molar-refractivity contribution >= 4 is 28.3 Å². The summed E-state index contributed by atoms with van der Waals surface area (Å²) in [6.45, 7) is 1.67. The minimum Gasteiger partial charge on any atom is -0.465 e. The van der Waals surface area contributed by atoms with Crippen LogP contribution in [0.2, 0.25) is 5.02 Å². The normalized spacial score (nSPS) is 10.5. The highest BCUT2D eigenvalue weighted by atomic mass is 35.5. The first-order valence-electron chi connectivity index (χ1n) is 4.45. The highest BCUT2D eigenvalue weighted by molar-refractivity contribution is 7.71. The molecule has 16 heavy (non-hydrogen) atoms. The van der Waals surface area contributed by atoms with E-state index in [1.165, 1.54) is 13.2 Å². The second-order valence-electron chi connectivity index (χ2n) is 3.19. The quantitative estimate of drug-likeness (QED) is 0.663. The van der Waals surface area contributed by atoms with Crippen molar-refractivity contribution in [1.82, 2.24) is 0 Å². The van der Waals surface area contributed by atoms with Crippen LogP contribution in [0, 0.1) is 6.92 Å². The summed E-state index contributed by atoms with van der Waals surface area (Å²) in [6, 6.07) is 3.04. The molecule has 0 aromatic heterocycles. The van der Waals surface area contributed by atoms with Crippen molar-refractivity contribution in [3.8, 4) is 0 Å². The van der Waals surface area contributed by atoms with Gasteiger partial charge >= 0.3 is 5.97 Å². The topological polar surface area (TPSA) is 60.4 Å². The average Bonchev–Trinajstić information content (AvgIpc) is 2.23. The van der Waals surface area contributed by atoms with Crippen LogP contribution >= 0.6 is 11.6 Å². The van der Waals surface area contributed by atoms with E-state index in [1.54, 1.807) is 13.0 Å². The Hall–Kier alpha value is -1.07. The van der Waals surface area contributed by atoms with Gasteiger partial charge in [0.15, 0.2) is 0 Å². The Labute approximate surface area is 100 Å². The third-order valence-electron chi connectivity index (χ3n) is 2.20. The maximum absolute atomic E-state index is 11.3. The summed E-state index contributed by atoms with van der Waals surface area (Å²) in [5.41, 5.74) is 1.42. The van der Waals surface area contributed by atoms with Crippen molar-refractivity contribution in [2.75, 3.05) is 7.11 Å². The summed E-state index contributed by atoms with van der Waals surface area (Å²) >= 11 is 5.96. The smallest absolute Gasteiger partial charge is 0.339 e. The first-order valence-corrected chi connectivity index (χ1v) is 6.19. The molecule has 6 heteroatoms. The van der Waals surface area contributed by atoms with E-state index in [-0.39, 0.29) is 16.3 Å². The second-order valence-corrected chi connectivity index (χ2v) is 4.55. The molecule has 0 aliphatic carbocycles. The molecule has 0 fully saturated rings. The minimum atomic E-state index is -2.51. The molecule has 4 nitrogen and oxygen atoms in total. The number of hydrogen-bond donors (Lipinski definition) is 1. The molecule has 0 saturated heterocycles. The molecule has 0 amide bonds. The van der Waals surface area contributed by atoms with E-state index in [2.05, 4.69) is 4.74 Å². The Balaban J connectivity index is 3.22. The van der Waals surface area contributed by atoms with Crippen LogP contribution in [0.15, 0.2) is 12.1 Å². The third-order valence-corrected chi connectivity index (χ3v) is 3.29. The van der Waals surface area contributed by atoms with Crippen molar-refractivity contribution < 1.29 is 17.9 Å². The highest BCUT2D eigenvalue weighted by Gasteiger charge is 2.14. The van der Waals surface area contributed by atoms with Gasteiger partial charge in [-0.25, -0.2) is 13.2 Å². The fourth-order valence-corrected chi connectivity index (χ4v) is 2.19. The molecule has 0 radical (unpaired) electrons. The molecule has 0 atom stereocenters. The summed E-state index contributed by atoms with van der Waals surface area (Å²) in [7, 11) is -1.25. The van der Waals surface area contributed by atoms with Crippen LogP contribution in [-0.4, -0.2) is 21.5 Å². The molecule has 0 aliphatic rings. The maximum Gasteiger partial charge on any atom is 0.339 e. The maximum atomic E-state index is 11.3. The molecular formula is C10H11ClO4S. The van der Waals surface area contributed by atoms with Gasteiger partial charge in [0, 0.05) is 0 Å². The highest BCUT2D eigenvalue weighted by Crippen LogP contribution is 2.25. The van der Waals surface area contributed by atoms with Gasteiger partial charge in [-0.3, -0.25) is 0 Å². The number of halogens is 1. The fraction of sp³-hybridized carbons (Fsp3) is 0.300. The van der Waals surface area contributed by atoms with Gasteiger partial charge in [-0.1, -0.05) is 17.7 Å². The molecule has 0 aliphatic heterocycles. The number of ether oxygens (including phenoxy) is 1. The van der Waals surface area contributed by atoms with E-state index in [0.29, 0.717) is 11.1 Å². The number of hydrogen-bond acceptors (Lipinski definition) is 4. The Bertz CT molecular complexity index is 486. The lowest BCUT2D eigenvalue weighted by molar-refractivity contribution is 0.0601. The van der Waals surface area contributed by atoms with Crippen molar-refractivity contribution in [3.63, 3.8) is 0 Å². The van der Waals surface area contributed by atoms with Gasteiger partial charge in [-0.2, -0.15) is 0 Å². The predicted molar refractivity (Wildman–Crippen MR) is 61.5 cm³/mol. The standard InChI is InChI=1S/C10H11ClO4S/c1-6-7(5-16(13)14)3-4-8(9(6)11)10(12)15-2/h3-4,16H,5H2,1-2H3. The third kappa shape index (κ3) is 2.74. The molecular weight excluding hydrogens is 252 g/mol. The van der Waals surface area contributed by atoms with Gasteiger partial charge in [-0.15, -0.1) is 0 Å². The van der Waals surface area contributed by atoms with Crippen molar-refractivity contribution in [1.29, 1.82) is 0 Å². The number of benzene rings is 1. The number of thiol groups is 1. The number of esters is 1. The molecule has 1 rings (SSSR count). The molecule has 1 aromatic carbocycles. The molecule has 0 unspecified atom stereocenters. The lowest BCUT2D eigenvalue weighted by atomic mass is 10.1. The molecule has 0 bridgehead atoms. The van der Waals surface area contributed by atoms with Crippen molar-refractivity contribution in [2.24, 2.45) is 0 Å². The van der Waals surface area contributed by atoms with Crippen LogP contribution in [0.4, 0.5) is 0 Å². The van der Waals surface area contributed by atoms with E-state index in [9.17, 15) is 13.2 Å². The molecule has 1 aromatic rings. The summed E-state index contributed by atoms with van der Waals surface area (Å²) < 4.78 is 25.8. The molecule has 88 valence electrons. The van der Waals surface area contributed by atoms with Gasteiger partial charge in [0.2, 0.25) is 0 Å². The Morgan fingerprint density at radius 3 is 2.56 bits per heavy atom. The zero-order chi connectivity index (χ0) is 12.3. The van der Waals surface area contributed by atoms with E-state index >= 15 is 0 Å². The van der Waals surface area contributed by atoms with Gasteiger partial charge in [0.05, 0.1) is 23.4 Å². The van der Waals surface area contributed by atoms with E-state index in [1.807, 2.05) is 0 Å². The summed E-state index contributed by atoms with van der Waals surface area (Å²) in [5, 5.41) is 0.237. The number of carbonyl (C=O) groups excluding carboxylic acids is 1. The predicted octanol–water partition coefficient (Wildman–Crippen LogP) is 1.55. The molecule has 0 spiro atoms. The van der Waals surface area contributed by atoms with Crippen LogP contribution in [-0.2, 0) is 21.2 Å². The lowest BCUT2D eigenvalue weighted by Gasteiger charge is -2.08. The first-order chi connectivity index (χ1) is 7.47. The van der Waals surface area contributed by atoms with Crippen LogP contribution in [0.1, 0.15) is 21.5 Å². The van der Waals surface area contributed by atoms with Crippen LogP contribution in [0.25, 0.3) is 0 Å². The van der Waals surface area contributed by atoms with E-state index < -0.39 is 16.7 Å². The van der Waals surface area contributed by atoms with Gasteiger partial charge < -0.3 is 4.74 Å². The zero-order valence-electron chi connectivity index (χ0n) is 8.82. The van der Waals surface area contributed by atoms with Crippen molar-refractivity contribution in [3.05, 3.63) is 33.8 Å². The number of methoxy groups -OCH3 is 1. The monoisotopic (exact) mass is 262 g/mol. The van der Waals surface area contributed by atoms with Crippen LogP contribution in [0.5, 0.6) is 0 Å². The zero-order valence-corrected chi connectivity index (χ0v) is 10.5. The largest absolute Gasteiger partial charge is 0.465 e. The Morgan fingerprint density at radius 2 is 2.06 bits per heavy atom. The number of rotatable bonds is 3. The van der Waals surface area contributed by atoms with Gasteiger partial charge in [0.1, 0.15) is 10.7 Å². The van der Waals surface area contributed by atoms with E-state index in [0.717, 1.165) is 0 Å². The Morgan fingerprint density at radius 1 is 1.44 bits per heavy atom. The summed E-state index contributed by atoms with van der Waals surface area (Å²) in [6.07, 6.45) is 0. The molecule has 0 heterocycles. The fourth-order valence-electron chi connectivity index (χ4n) is 1.30. The second kappa shape index (κ2) is 5.32. The van der Waals surface area contributed by atoms with Crippen LogP contribution in [0.3, 0.4) is 0 Å². The minimum absolute atomic E-state index is 0.0810. The summed E-state index contributed by atoms with van der Waals surface area (Å²) in [4.78, 5) is 11.3. The van der Waals surface area contributed by atoms with Crippen molar-refractivity contribution in [2.45, 2.75) is 12.7 Å². The molecule has 0 N–H and O–H groups in total. The summed E-state index contributed by atoms with van der Waals surface area (Å²) in [5.74, 6) is -0.617. The van der Waals surface area contributed by atoms with Gasteiger partial charge in [0.25, 0.3) is 0 Å². The SMILES string of the molecule is COC(=O)c1ccc(C[SH](=O)=O)c(C)c1Cl. The van der Waals surface area contributed by atoms with Gasteiger partial charge in [-0.05, 0) is 24.1 Å². The number of carbonyl (C=O) groups is 1. The lowest BCUT2D eigenvalue weighted by Crippen LogP contribution is -2.04. The average molecular weight is 263 g/mol. The molecule has 0 saturated carbocycles. The van der Waals surface area contributed by atoms with E-state index in [4.69, 9.17) is 11.6 Å².